The number of carbonyl (C=O) groups is 1. The second kappa shape index (κ2) is 10.0. The molecular formula is C25H28F2N4O. The van der Waals surface area contributed by atoms with Gasteiger partial charge >= 0.3 is 0 Å². The summed E-state index contributed by atoms with van der Waals surface area (Å²) in [6.07, 6.45) is 5.24. The molecule has 0 spiro atoms. The predicted molar refractivity (Wildman–Crippen MR) is 121 cm³/mol. The summed E-state index contributed by atoms with van der Waals surface area (Å²) >= 11 is 0. The molecule has 4 rings (SSSR count). The van der Waals surface area contributed by atoms with Gasteiger partial charge in [-0.05, 0) is 74.5 Å². The molecule has 32 heavy (non-hydrogen) atoms. The topological polar surface area (TPSA) is 61.0 Å². The molecule has 2 heterocycles. The number of hydrogen-bond acceptors (Lipinski definition) is 3. The highest BCUT2D eigenvalue weighted by atomic mass is 19.1. The zero-order chi connectivity index (χ0) is 22.5. The quantitative estimate of drug-likeness (QED) is 0.527. The monoisotopic (exact) mass is 438 g/mol. The molecule has 3 aromatic rings. The van der Waals surface area contributed by atoms with Gasteiger partial charge in [-0.2, -0.15) is 5.10 Å². The van der Waals surface area contributed by atoms with E-state index in [0.29, 0.717) is 18.0 Å². The third kappa shape index (κ3) is 5.59. The van der Waals surface area contributed by atoms with Gasteiger partial charge in [-0.3, -0.25) is 14.8 Å². The van der Waals surface area contributed by atoms with Crippen LogP contribution in [0.15, 0.2) is 48.7 Å². The van der Waals surface area contributed by atoms with Gasteiger partial charge in [-0.15, -0.1) is 0 Å². The average Bonchev–Trinajstić information content (AvgIpc) is 3.23. The first kappa shape index (κ1) is 22.1. The molecular weight excluding hydrogens is 410 g/mol. The first-order valence-electron chi connectivity index (χ1n) is 11.0. The summed E-state index contributed by atoms with van der Waals surface area (Å²) in [5, 5.41) is 10.1. The van der Waals surface area contributed by atoms with E-state index in [9.17, 15) is 13.6 Å². The molecule has 1 amide bonds. The van der Waals surface area contributed by atoms with Crippen LogP contribution in [0.2, 0.25) is 0 Å². The van der Waals surface area contributed by atoms with E-state index in [2.05, 4.69) is 20.4 Å². The maximum Gasteiger partial charge on any atom is 0.224 e. The van der Waals surface area contributed by atoms with Crippen molar-refractivity contribution >= 4 is 11.6 Å². The van der Waals surface area contributed by atoms with Crippen LogP contribution < -0.4 is 5.32 Å². The van der Waals surface area contributed by atoms with Gasteiger partial charge in [0.15, 0.2) is 0 Å². The van der Waals surface area contributed by atoms with Gasteiger partial charge in [-0.1, -0.05) is 12.1 Å². The van der Waals surface area contributed by atoms with Crippen molar-refractivity contribution in [3.63, 3.8) is 0 Å². The molecule has 5 nitrogen and oxygen atoms in total. The molecule has 2 aromatic carbocycles. The van der Waals surface area contributed by atoms with Crippen LogP contribution in [0.5, 0.6) is 0 Å². The van der Waals surface area contributed by atoms with Gasteiger partial charge in [-0.25, -0.2) is 8.78 Å². The highest BCUT2D eigenvalue weighted by molar-refractivity contribution is 5.91. The van der Waals surface area contributed by atoms with Crippen molar-refractivity contribution < 1.29 is 13.6 Å². The number of anilines is 1. The summed E-state index contributed by atoms with van der Waals surface area (Å²) in [6, 6.07) is 10.9. The molecule has 1 saturated heterocycles. The normalized spacial score (nSPS) is 16.8. The number of H-pyrrole nitrogens is 1. The van der Waals surface area contributed by atoms with E-state index < -0.39 is 0 Å². The van der Waals surface area contributed by atoms with E-state index in [1.807, 2.05) is 12.3 Å². The molecule has 1 aromatic heterocycles. The fourth-order valence-corrected chi connectivity index (χ4v) is 4.41. The van der Waals surface area contributed by atoms with Crippen molar-refractivity contribution in [2.75, 3.05) is 18.4 Å². The van der Waals surface area contributed by atoms with E-state index in [1.165, 1.54) is 24.3 Å². The number of benzene rings is 2. The summed E-state index contributed by atoms with van der Waals surface area (Å²) in [6.45, 7) is 4.42. The van der Waals surface area contributed by atoms with Crippen molar-refractivity contribution in [2.24, 2.45) is 5.92 Å². The van der Waals surface area contributed by atoms with Gasteiger partial charge in [0.2, 0.25) is 5.91 Å². The SMILES string of the molecule is Cc1cc(F)ccc1NC(=O)CC[C@H]1CCCN(Cc2cn[nH]c2-c2cccc(F)c2)C1. The number of nitrogens with one attached hydrogen (secondary N) is 2. The van der Waals surface area contributed by atoms with E-state index in [1.54, 1.807) is 19.1 Å². The van der Waals surface area contributed by atoms with Crippen LogP contribution in [0.1, 0.15) is 36.8 Å². The van der Waals surface area contributed by atoms with E-state index >= 15 is 0 Å². The van der Waals surface area contributed by atoms with Gasteiger partial charge in [0, 0.05) is 36.3 Å². The Morgan fingerprint density at radius 2 is 2.06 bits per heavy atom. The fraction of sp³-hybridized carbons (Fsp3) is 0.360. The fourth-order valence-electron chi connectivity index (χ4n) is 4.41. The number of halogens is 2. The zero-order valence-corrected chi connectivity index (χ0v) is 18.2. The lowest BCUT2D eigenvalue weighted by Crippen LogP contribution is -2.35. The molecule has 0 bridgehead atoms. The lowest BCUT2D eigenvalue weighted by molar-refractivity contribution is -0.116. The summed E-state index contributed by atoms with van der Waals surface area (Å²) in [5.41, 5.74) is 4.06. The molecule has 0 saturated carbocycles. The summed E-state index contributed by atoms with van der Waals surface area (Å²) in [5.74, 6) is -0.176. The zero-order valence-electron chi connectivity index (χ0n) is 18.2. The minimum atomic E-state index is -0.305. The first-order chi connectivity index (χ1) is 15.5. The van der Waals surface area contributed by atoms with Crippen LogP contribution in [0, 0.1) is 24.5 Å². The largest absolute Gasteiger partial charge is 0.326 e. The van der Waals surface area contributed by atoms with Crippen molar-refractivity contribution in [3.8, 4) is 11.3 Å². The van der Waals surface area contributed by atoms with Crippen molar-refractivity contribution in [2.45, 2.75) is 39.2 Å². The van der Waals surface area contributed by atoms with Crippen molar-refractivity contribution in [3.05, 3.63) is 71.4 Å². The molecule has 1 aliphatic rings. The smallest absolute Gasteiger partial charge is 0.224 e. The Kier molecular flexibility index (Phi) is 6.95. The molecule has 0 unspecified atom stereocenters. The van der Waals surface area contributed by atoms with E-state index in [4.69, 9.17) is 0 Å². The average molecular weight is 439 g/mol. The lowest BCUT2D eigenvalue weighted by Gasteiger charge is -2.32. The number of nitrogens with zero attached hydrogens (tertiary/aromatic N) is 2. The van der Waals surface area contributed by atoms with Crippen molar-refractivity contribution in [1.29, 1.82) is 0 Å². The number of likely N-dealkylation sites (tertiary alicyclic amines) is 1. The van der Waals surface area contributed by atoms with Gasteiger partial charge in [0.25, 0.3) is 0 Å². The Balaban J connectivity index is 1.31. The maximum atomic E-state index is 13.6. The summed E-state index contributed by atoms with van der Waals surface area (Å²) in [4.78, 5) is 14.8. The maximum absolute atomic E-state index is 13.6. The molecule has 7 heteroatoms. The Morgan fingerprint density at radius 3 is 2.88 bits per heavy atom. The van der Waals surface area contributed by atoms with Crippen LogP contribution in [0.3, 0.4) is 0 Å². The molecule has 0 aliphatic carbocycles. The van der Waals surface area contributed by atoms with Crippen LogP contribution in [0.4, 0.5) is 14.5 Å². The summed E-state index contributed by atoms with van der Waals surface area (Å²) < 4.78 is 26.9. The number of aryl methyl sites for hydroxylation is 1. The molecule has 168 valence electrons. The number of hydrogen-bond donors (Lipinski definition) is 2. The third-order valence-corrected chi connectivity index (χ3v) is 6.07. The molecule has 1 aliphatic heterocycles. The van der Waals surface area contributed by atoms with Crippen LogP contribution in [0.25, 0.3) is 11.3 Å². The number of aromatic nitrogens is 2. The van der Waals surface area contributed by atoms with Crippen LogP contribution in [-0.4, -0.2) is 34.1 Å². The number of piperidine rings is 1. The lowest BCUT2D eigenvalue weighted by atomic mass is 9.92. The van der Waals surface area contributed by atoms with E-state index in [-0.39, 0.29) is 17.5 Å². The van der Waals surface area contributed by atoms with Gasteiger partial charge < -0.3 is 5.32 Å². The third-order valence-electron chi connectivity index (χ3n) is 6.07. The number of aromatic amines is 1. The highest BCUT2D eigenvalue weighted by Gasteiger charge is 2.22. The van der Waals surface area contributed by atoms with Gasteiger partial charge in [0.05, 0.1) is 11.9 Å². The number of rotatable bonds is 7. The molecule has 0 radical (unpaired) electrons. The second-order valence-corrected chi connectivity index (χ2v) is 8.57. The van der Waals surface area contributed by atoms with E-state index in [0.717, 1.165) is 61.3 Å². The molecule has 1 fully saturated rings. The number of amides is 1. The first-order valence-corrected chi connectivity index (χ1v) is 11.0. The predicted octanol–water partition coefficient (Wildman–Crippen LogP) is 5.29. The summed E-state index contributed by atoms with van der Waals surface area (Å²) in [7, 11) is 0. The minimum absolute atomic E-state index is 0.0416. The Labute approximate surface area is 186 Å². The second-order valence-electron chi connectivity index (χ2n) is 8.57. The Morgan fingerprint density at radius 1 is 1.22 bits per heavy atom. The van der Waals surface area contributed by atoms with Gasteiger partial charge in [0.1, 0.15) is 11.6 Å². The van der Waals surface area contributed by atoms with Crippen molar-refractivity contribution in [1.82, 2.24) is 15.1 Å². The molecule has 2 N–H and O–H groups in total. The highest BCUT2D eigenvalue weighted by Crippen LogP contribution is 2.27. The van der Waals surface area contributed by atoms with Crippen LogP contribution in [-0.2, 0) is 11.3 Å². The Hall–Kier alpha value is -3.06. The van der Waals surface area contributed by atoms with Crippen LogP contribution >= 0.6 is 0 Å². The standard InChI is InChI=1S/C25H28F2N4O/c1-17-12-22(27)8-9-23(17)29-24(32)10-7-18-4-3-11-31(15-18)16-20-14-28-30-25(20)19-5-2-6-21(26)13-19/h2,5-6,8-9,12-14,18H,3-4,7,10-11,15-16H2,1H3,(H,28,30)(H,29,32)/t18-/m1/s1. The minimum Gasteiger partial charge on any atom is -0.326 e. The Bertz CT molecular complexity index is 1080. The molecule has 1 atom stereocenters. The number of carbonyl (C=O) groups excluding carboxylic acids is 1.